The van der Waals surface area contributed by atoms with E-state index in [2.05, 4.69) is 43.0 Å². The highest BCUT2D eigenvalue weighted by atomic mass is 15.2. The second kappa shape index (κ2) is 5.41. The summed E-state index contributed by atoms with van der Waals surface area (Å²) in [4.78, 5) is 7.23. The lowest BCUT2D eigenvalue weighted by Crippen LogP contribution is -2.34. The van der Waals surface area contributed by atoms with Crippen molar-refractivity contribution in [3.63, 3.8) is 0 Å². The summed E-state index contributed by atoms with van der Waals surface area (Å²) in [5, 5.41) is 2.48. The molecule has 1 unspecified atom stereocenters. The summed E-state index contributed by atoms with van der Waals surface area (Å²) in [6, 6.07) is 9.11. The second-order valence-corrected chi connectivity index (χ2v) is 6.00. The van der Waals surface area contributed by atoms with Crippen molar-refractivity contribution in [3.05, 3.63) is 36.0 Å². The Bertz CT molecular complexity index is 606. The van der Waals surface area contributed by atoms with E-state index in [1.165, 1.54) is 23.6 Å². The molecule has 1 aromatic heterocycles. The van der Waals surface area contributed by atoms with E-state index >= 15 is 0 Å². The van der Waals surface area contributed by atoms with Crippen LogP contribution >= 0.6 is 0 Å². The number of nitrogens with two attached hydrogens (primary N) is 1. The van der Waals surface area contributed by atoms with Gasteiger partial charge in [-0.15, -0.1) is 0 Å². The minimum absolute atomic E-state index is 0.543. The highest BCUT2D eigenvalue weighted by Crippen LogP contribution is 2.34. The fourth-order valence-electron chi connectivity index (χ4n) is 3.38. The summed E-state index contributed by atoms with van der Waals surface area (Å²) in [6.07, 6.45) is 4.48. The maximum atomic E-state index is 5.84. The second-order valence-electron chi connectivity index (χ2n) is 6.00. The van der Waals surface area contributed by atoms with Crippen LogP contribution in [-0.2, 0) is 6.54 Å². The van der Waals surface area contributed by atoms with Gasteiger partial charge in [-0.1, -0.05) is 38.1 Å². The summed E-state index contributed by atoms with van der Waals surface area (Å²) in [6.45, 7) is 6.27. The van der Waals surface area contributed by atoms with E-state index < -0.39 is 0 Å². The lowest BCUT2D eigenvalue weighted by atomic mass is 10.0. The number of hydrogen-bond acceptors (Lipinski definition) is 3. The van der Waals surface area contributed by atoms with E-state index in [0.717, 1.165) is 17.9 Å². The molecule has 0 radical (unpaired) electrons. The first-order chi connectivity index (χ1) is 9.72. The predicted octanol–water partition coefficient (Wildman–Crippen LogP) is 3.32. The maximum Gasteiger partial charge on any atom is 0.136 e. The van der Waals surface area contributed by atoms with Crippen LogP contribution in [0.1, 0.15) is 32.3 Å². The Kier molecular flexibility index (Phi) is 3.62. The minimum atomic E-state index is 0.543. The highest BCUT2D eigenvalue weighted by molar-refractivity contribution is 5.94. The third-order valence-corrected chi connectivity index (χ3v) is 4.42. The number of aromatic nitrogens is 1. The van der Waals surface area contributed by atoms with Gasteiger partial charge in [-0.3, -0.25) is 0 Å². The Balaban J connectivity index is 2.12. The molecule has 2 aromatic rings. The van der Waals surface area contributed by atoms with Crippen LogP contribution in [0.3, 0.4) is 0 Å². The van der Waals surface area contributed by atoms with Gasteiger partial charge in [0, 0.05) is 30.7 Å². The number of nitrogens with zero attached hydrogens (tertiary/aromatic N) is 2. The standard InChI is InChI=1S/C17H23N3/c1-12(2)16-8-5-9-20(16)17-15-7-4-3-6-14(15)13(10-18)11-19-17/h3-4,6-7,11-12,16H,5,8-10,18H2,1-2H3. The van der Waals surface area contributed by atoms with Crippen molar-refractivity contribution in [1.82, 2.24) is 4.98 Å². The highest BCUT2D eigenvalue weighted by Gasteiger charge is 2.29. The van der Waals surface area contributed by atoms with Crippen molar-refractivity contribution in [2.24, 2.45) is 11.7 Å². The largest absolute Gasteiger partial charge is 0.353 e. The SMILES string of the molecule is CC(C)C1CCCN1c1ncc(CN)c2ccccc12. The van der Waals surface area contributed by atoms with Crippen LogP contribution < -0.4 is 10.6 Å². The molecule has 106 valence electrons. The number of fused-ring (bicyclic) bond motifs is 1. The average Bonchev–Trinajstić information content (AvgIpc) is 2.95. The van der Waals surface area contributed by atoms with Gasteiger partial charge in [0.2, 0.25) is 0 Å². The number of hydrogen-bond donors (Lipinski definition) is 1. The Hall–Kier alpha value is -1.61. The summed E-state index contributed by atoms with van der Waals surface area (Å²) >= 11 is 0. The number of pyridine rings is 1. The van der Waals surface area contributed by atoms with E-state index in [9.17, 15) is 0 Å². The predicted molar refractivity (Wildman–Crippen MR) is 84.8 cm³/mol. The molecule has 1 fully saturated rings. The first kappa shape index (κ1) is 13.4. The Labute approximate surface area is 120 Å². The van der Waals surface area contributed by atoms with Gasteiger partial charge in [-0.05, 0) is 29.7 Å². The Morgan fingerprint density at radius 1 is 1.30 bits per heavy atom. The van der Waals surface area contributed by atoms with Gasteiger partial charge in [-0.2, -0.15) is 0 Å². The maximum absolute atomic E-state index is 5.84. The van der Waals surface area contributed by atoms with Crippen molar-refractivity contribution >= 4 is 16.6 Å². The van der Waals surface area contributed by atoms with E-state index in [-0.39, 0.29) is 0 Å². The first-order valence-corrected chi connectivity index (χ1v) is 7.55. The third-order valence-electron chi connectivity index (χ3n) is 4.42. The van der Waals surface area contributed by atoms with Gasteiger partial charge < -0.3 is 10.6 Å². The molecule has 1 saturated heterocycles. The molecule has 2 N–H and O–H groups in total. The molecule has 3 rings (SSSR count). The van der Waals surface area contributed by atoms with Crippen molar-refractivity contribution in [1.29, 1.82) is 0 Å². The van der Waals surface area contributed by atoms with Crippen LogP contribution in [0.4, 0.5) is 5.82 Å². The number of rotatable bonds is 3. The molecule has 1 aliphatic rings. The molecule has 0 spiro atoms. The molecule has 0 aliphatic carbocycles. The zero-order chi connectivity index (χ0) is 14.1. The molecular weight excluding hydrogens is 246 g/mol. The molecule has 1 atom stereocenters. The van der Waals surface area contributed by atoms with Crippen molar-refractivity contribution in [2.75, 3.05) is 11.4 Å². The Morgan fingerprint density at radius 2 is 2.05 bits per heavy atom. The van der Waals surface area contributed by atoms with Gasteiger partial charge >= 0.3 is 0 Å². The van der Waals surface area contributed by atoms with Crippen molar-refractivity contribution in [3.8, 4) is 0 Å². The topological polar surface area (TPSA) is 42.2 Å². The smallest absolute Gasteiger partial charge is 0.136 e. The van der Waals surface area contributed by atoms with Gasteiger partial charge in [0.25, 0.3) is 0 Å². The number of benzene rings is 1. The monoisotopic (exact) mass is 269 g/mol. The summed E-state index contributed by atoms with van der Waals surface area (Å²) in [5.41, 5.74) is 6.97. The normalized spacial score (nSPS) is 19.2. The fraction of sp³-hybridized carbons (Fsp3) is 0.471. The van der Waals surface area contributed by atoms with Gasteiger partial charge in [0.15, 0.2) is 0 Å². The summed E-state index contributed by atoms with van der Waals surface area (Å²) in [7, 11) is 0. The molecule has 3 nitrogen and oxygen atoms in total. The van der Waals surface area contributed by atoms with Crippen LogP contribution in [0.2, 0.25) is 0 Å². The quantitative estimate of drug-likeness (QED) is 0.929. The lowest BCUT2D eigenvalue weighted by Gasteiger charge is -2.30. The first-order valence-electron chi connectivity index (χ1n) is 7.55. The molecule has 1 aliphatic heterocycles. The van der Waals surface area contributed by atoms with Gasteiger partial charge in [-0.25, -0.2) is 4.98 Å². The molecule has 0 saturated carbocycles. The van der Waals surface area contributed by atoms with Crippen LogP contribution in [-0.4, -0.2) is 17.6 Å². The van der Waals surface area contributed by atoms with E-state index in [1.807, 2.05) is 6.20 Å². The molecule has 20 heavy (non-hydrogen) atoms. The summed E-state index contributed by atoms with van der Waals surface area (Å²) < 4.78 is 0. The van der Waals surface area contributed by atoms with Gasteiger partial charge in [0.1, 0.15) is 5.82 Å². The van der Waals surface area contributed by atoms with Crippen LogP contribution in [0.5, 0.6) is 0 Å². The molecular formula is C17H23N3. The zero-order valence-corrected chi connectivity index (χ0v) is 12.3. The van der Waals surface area contributed by atoms with Gasteiger partial charge in [0.05, 0.1) is 0 Å². The zero-order valence-electron chi connectivity index (χ0n) is 12.3. The van der Waals surface area contributed by atoms with E-state index in [4.69, 9.17) is 10.7 Å². The molecule has 0 amide bonds. The van der Waals surface area contributed by atoms with E-state index in [1.54, 1.807) is 0 Å². The molecule has 1 aromatic carbocycles. The van der Waals surface area contributed by atoms with Crippen LogP contribution in [0.15, 0.2) is 30.5 Å². The third kappa shape index (κ3) is 2.16. The summed E-state index contributed by atoms with van der Waals surface area (Å²) in [5.74, 6) is 1.79. The molecule has 2 heterocycles. The minimum Gasteiger partial charge on any atom is -0.353 e. The Morgan fingerprint density at radius 3 is 2.75 bits per heavy atom. The molecule has 0 bridgehead atoms. The molecule has 3 heteroatoms. The average molecular weight is 269 g/mol. The van der Waals surface area contributed by atoms with Crippen LogP contribution in [0.25, 0.3) is 10.8 Å². The van der Waals surface area contributed by atoms with Crippen molar-refractivity contribution < 1.29 is 0 Å². The van der Waals surface area contributed by atoms with Crippen molar-refractivity contribution in [2.45, 2.75) is 39.3 Å². The van der Waals surface area contributed by atoms with Crippen LogP contribution in [0, 0.1) is 5.92 Å². The lowest BCUT2D eigenvalue weighted by molar-refractivity contribution is 0.490. The fourth-order valence-corrected chi connectivity index (χ4v) is 3.38. The van der Waals surface area contributed by atoms with E-state index in [0.29, 0.717) is 18.5 Å². The number of anilines is 1.